The second-order valence-electron chi connectivity index (χ2n) is 11.7. The van der Waals surface area contributed by atoms with E-state index < -0.39 is 0 Å². The Hall–Kier alpha value is -6.06. The van der Waals surface area contributed by atoms with Crippen LogP contribution in [0.1, 0.15) is 0 Å². The number of nitrogens with zero attached hydrogens (tertiary/aromatic N) is 1. The molecule has 0 aliphatic rings. The lowest BCUT2D eigenvalue weighted by molar-refractivity contribution is 0.669. The van der Waals surface area contributed by atoms with Crippen LogP contribution in [0.5, 0.6) is 0 Å². The van der Waals surface area contributed by atoms with Crippen molar-refractivity contribution < 1.29 is 8.83 Å². The summed E-state index contributed by atoms with van der Waals surface area (Å²) in [5.41, 5.74) is 6.63. The van der Waals surface area contributed by atoms with Crippen molar-refractivity contribution in [1.29, 1.82) is 0 Å². The highest BCUT2D eigenvalue weighted by molar-refractivity contribution is 6.20. The van der Waals surface area contributed by atoms with E-state index in [1.807, 2.05) is 24.3 Å². The number of anilines is 3. The topological polar surface area (TPSA) is 29.5 Å². The number of rotatable bonds is 3. The summed E-state index contributed by atoms with van der Waals surface area (Å²) < 4.78 is 12.7. The third kappa shape index (κ3) is 3.58. The Labute approximate surface area is 258 Å². The van der Waals surface area contributed by atoms with E-state index in [2.05, 4.69) is 132 Å². The second kappa shape index (κ2) is 9.22. The van der Waals surface area contributed by atoms with Crippen LogP contribution in [0, 0.1) is 0 Å². The molecule has 0 unspecified atom stereocenters. The molecule has 0 spiro atoms. The molecular formula is C42H25NO2. The van der Waals surface area contributed by atoms with Gasteiger partial charge in [-0.3, -0.25) is 0 Å². The number of benzene rings is 8. The van der Waals surface area contributed by atoms with Crippen LogP contribution >= 0.6 is 0 Å². The van der Waals surface area contributed by atoms with Gasteiger partial charge in [0.05, 0.1) is 5.69 Å². The summed E-state index contributed by atoms with van der Waals surface area (Å²) in [4.78, 5) is 2.33. The molecule has 0 saturated heterocycles. The summed E-state index contributed by atoms with van der Waals surface area (Å²) in [7, 11) is 0. The van der Waals surface area contributed by atoms with Crippen molar-refractivity contribution in [2.24, 2.45) is 0 Å². The lowest BCUT2D eigenvalue weighted by Gasteiger charge is -2.27. The predicted molar refractivity (Wildman–Crippen MR) is 188 cm³/mol. The fourth-order valence-electron chi connectivity index (χ4n) is 7.17. The third-order valence-corrected chi connectivity index (χ3v) is 9.24. The Kier molecular flexibility index (Phi) is 5.00. The minimum absolute atomic E-state index is 0.862. The average Bonchev–Trinajstić information content (AvgIpc) is 3.66. The SMILES string of the molecule is c1ccc2c(c1)ccc1c3cccc(N(c4ccc5c(c4)oc4ccccc45)c4ccc5c(c4)oc4ccccc45)c3ccc21. The minimum atomic E-state index is 0.862. The summed E-state index contributed by atoms with van der Waals surface area (Å²) in [6, 6.07) is 53.8. The van der Waals surface area contributed by atoms with Gasteiger partial charge in [-0.2, -0.15) is 0 Å². The first-order chi connectivity index (χ1) is 22.3. The van der Waals surface area contributed by atoms with E-state index in [0.717, 1.165) is 60.9 Å². The molecule has 45 heavy (non-hydrogen) atoms. The van der Waals surface area contributed by atoms with Gasteiger partial charge in [0.2, 0.25) is 0 Å². The monoisotopic (exact) mass is 575 g/mol. The van der Waals surface area contributed by atoms with Gasteiger partial charge in [0.15, 0.2) is 0 Å². The molecular weight excluding hydrogens is 550 g/mol. The van der Waals surface area contributed by atoms with Crippen molar-refractivity contribution in [2.45, 2.75) is 0 Å². The summed E-state index contributed by atoms with van der Waals surface area (Å²) >= 11 is 0. The maximum Gasteiger partial charge on any atom is 0.137 e. The third-order valence-electron chi connectivity index (χ3n) is 9.24. The lowest BCUT2D eigenvalue weighted by atomic mass is 9.96. The van der Waals surface area contributed by atoms with Crippen LogP contribution in [0.15, 0.2) is 160 Å². The molecule has 3 nitrogen and oxygen atoms in total. The van der Waals surface area contributed by atoms with Gasteiger partial charge in [-0.05, 0) is 69.4 Å². The molecule has 0 saturated carbocycles. The van der Waals surface area contributed by atoms with Crippen LogP contribution in [0.4, 0.5) is 17.1 Å². The molecule has 0 N–H and O–H groups in total. The predicted octanol–water partition coefficient (Wildman–Crippen LogP) is 12.4. The smallest absolute Gasteiger partial charge is 0.137 e. The van der Waals surface area contributed by atoms with Gasteiger partial charge >= 0.3 is 0 Å². The first-order valence-electron chi connectivity index (χ1n) is 15.3. The number of hydrogen-bond donors (Lipinski definition) is 0. The summed E-state index contributed by atoms with van der Waals surface area (Å²) in [6.07, 6.45) is 0. The van der Waals surface area contributed by atoms with E-state index in [0.29, 0.717) is 0 Å². The summed E-state index contributed by atoms with van der Waals surface area (Å²) in [5.74, 6) is 0. The van der Waals surface area contributed by atoms with E-state index in [-0.39, 0.29) is 0 Å². The van der Waals surface area contributed by atoms with Crippen molar-refractivity contribution >= 4 is 93.3 Å². The van der Waals surface area contributed by atoms with Gasteiger partial charge in [-0.15, -0.1) is 0 Å². The number of hydrogen-bond acceptors (Lipinski definition) is 3. The van der Waals surface area contributed by atoms with Gasteiger partial charge in [0, 0.05) is 50.4 Å². The van der Waals surface area contributed by atoms with Crippen LogP contribution in [0.2, 0.25) is 0 Å². The highest BCUT2D eigenvalue weighted by Crippen LogP contribution is 2.44. The number of fused-ring (bicyclic) bond motifs is 11. The maximum absolute atomic E-state index is 6.37. The Bertz CT molecular complexity index is 2670. The van der Waals surface area contributed by atoms with Crippen LogP contribution in [-0.2, 0) is 0 Å². The fraction of sp³-hybridized carbons (Fsp3) is 0. The lowest BCUT2D eigenvalue weighted by Crippen LogP contribution is -2.10. The number of para-hydroxylation sites is 2. The normalized spacial score (nSPS) is 12.0. The van der Waals surface area contributed by atoms with Gasteiger partial charge in [-0.25, -0.2) is 0 Å². The van der Waals surface area contributed by atoms with Gasteiger partial charge < -0.3 is 13.7 Å². The quantitative estimate of drug-likeness (QED) is 0.196. The van der Waals surface area contributed by atoms with Crippen molar-refractivity contribution in [3.63, 3.8) is 0 Å². The van der Waals surface area contributed by atoms with Gasteiger partial charge in [0.25, 0.3) is 0 Å². The molecule has 0 radical (unpaired) electrons. The maximum atomic E-state index is 6.37. The molecule has 10 rings (SSSR count). The number of furan rings is 2. The van der Waals surface area contributed by atoms with Gasteiger partial charge in [-0.1, -0.05) is 97.1 Å². The van der Waals surface area contributed by atoms with E-state index in [9.17, 15) is 0 Å². The molecule has 2 aromatic heterocycles. The second-order valence-corrected chi connectivity index (χ2v) is 11.7. The molecule has 10 aromatic rings. The van der Waals surface area contributed by atoms with E-state index in [4.69, 9.17) is 8.83 Å². The largest absolute Gasteiger partial charge is 0.456 e. The first kappa shape index (κ1) is 24.4. The molecule has 0 aliphatic heterocycles. The molecule has 3 heteroatoms. The van der Waals surface area contributed by atoms with Crippen molar-refractivity contribution in [3.8, 4) is 0 Å². The van der Waals surface area contributed by atoms with Crippen molar-refractivity contribution in [2.75, 3.05) is 4.90 Å². The van der Waals surface area contributed by atoms with Crippen molar-refractivity contribution in [1.82, 2.24) is 0 Å². The fourth-order valence-corrected chi connectivity index (χ4v) is 7.17. The first-order valence-corrected chi connectivity index (χ1v) is 15.3. The van der Waals surface area contributed by atoms with Crippen LogP contribution in [0.3, 0.4) is 0 Å². The molecule has 2 heterocycles. The highest BCUT2D eigenvalue weighted by atomic mass is 16.3. The molecule has 0 amide bonds. The van der Waals surface area contributed by atoms with Crippen LogP contribution in [-0.4, -0.2) is 0 Å². The van der Waals surface area contributed by atoms with Crippen molar-refractivity contribution in [3.05, 3.63) is 152 Å². The van der Waals surface area contributed by atoms with Crippen LogP contribution < -0.4 is 4.90 Å². The van der Waals surface area contributed by atoms with E-state index in [1.54, 1.807) is 0 Å². The van der Waals surface area contributed by atoms with Gasteiger partial charge in [0.1, 0.15) is 22.3 Å². The van der Waals surface area contributed by atoms with Crippen LogP contribution in [0.25, 0.3) is 76.2 Å². The zero-order valence-electron chi connectivity index (χ0n) is 24.2. The van der Waals surface area contributed by atoms with E-state index >= 15 is 0 Å². The molecule has 8 aromatic carbocycles. The Morgan fingerprint density at radius 1 is 0.311 bits per heavy atom. The molecule has 0 aliphatic carbocycles. The Morgan fingerprint density at radius 3 is 1.47 bits per heavy atom. The molecule has 0 bridgehead atoms. The standard InChI is InChI=1S/C42H25NO2/c1-2-9-29-26(8-1)16-19-32-30-12-7-13-38(33(30)23-22-31(29)32)43(27-17-20-36-34-10-3-5-14-39(34)44-41(36)24-27)28-18-21-37-35-11-4-6-15-40(35)45-42(37)25-28/h1-25H. The molecule has 210 valence electrons. The zero-order chi connectivity index (χ0) is 29.5. The Balaban J connectivity index is 1.25. The molecule has 0 atom stereocenters. The Morgan fingerprint density at radius 2 is 0.778 bits per heavy atom. The van der Waals surface area contributed by atoms with E-state index in [1.165, 1.54) is 32.3 Å². The highest BCUT2D eigenvalue weighted by Gasteiger charge is 2.20. The zero-order valence-corrected chi connectivity index (χ0v) is 24.2. The minimum Gasteiger partial charge on any atom is -0.456 e. The summed E-state index contributed by atoms with van der Waals surface area (Å²) in [5, 5.41) is 11.9. The average molecular weight is 576 g/mol. The molecule has 0 fully saturated rings. The summed E-state index contributed by atoms with van der Waals surface area (Å²) in [6.45, 7) is 0.